The number of aryl methyl sites for hydroxylation is 1. The lowest BCUT2D eigenvalue weighted by Gasteiger charge is -2.13. The van der Waals surface area contributed by atoms with Crippen molar-refractivity contribution in [3.8, 4) is 0 Å². The maximum Gasteiger partial charge on any atom is 0.282 e. The third kappa shape index (κ3) is 4.53. The van der Waals surface area contributed by atoms with Gasteiger partial charge in [0.1, 0.15) is 5.56 Å². The highest BCUT2D eigenvalue weighted by atomic mass is 16.6. The molecule has 0 radical (unpaired) electrons. The summed E-state index contributed by atoms with van der Waals surface area (Å²) in [6, 6.07) is 11.8. The number of rotatable bonds is 9. The molecule has 3 amide bonds. The third-order valence-electron chi connectivity index (χ3n) is 5.11. The standard InChI is InChI=1S/C22H23N3O5/c1-2-15-10-12-16(13-11-15)23-19(26)9-4-3-5-14-24-21(27)17-7-6-8-18(25(29)30)20(17)22(24)28/h6-8,10-13H,2-5,9,14H2,1H3,(H,23,26). The normalized spacial score (nSPS) is 12.8. The van der Waals surface area contributed by atoms with Crippen LogP contribution in [-0.4, -0.2) is 34.1 Å². The zero-order valence-corrected chi connectivity index (χ0v) is 16.7. The third-order valence-corrected chi connectivity index (χ3v) is 5.11. The van der Waals surface area contributed by atoms with Crippen molar-refractivity contribution in [1.82, 2.24) is 4.90 Å². The van der Waals surface area contributed by atoms with Gasteiger partial charge in [-0.15, -0.1) is 0 Å². The van der Waals surface area contributed by atoms with Crippen LogP contribution in [0, 0.1) is 10.1 Å². The van der Waals surface area contributed by atoms with Crippen molar-refractivity contribution < 1.29 is 19.3 Å². The summed E-state index contributed by atoms with van der Waals surface area (Å²) < 4.78 is 0. The number of hydrogen-bond acceptors (Lipinski definition) is 5. The summed E-state index contributed by atoms with van der Waals surface area (Å²) >= 11 is 0. The van der Waals surface area contributed by atoms with Crippen LogP contribution < -0.4 is 5.32 Å². The first-order chi connectivity index (χ1) is 14.4. The van der Waals surface area contributed by atoms with E-state index in [-0.39, 0.29) is 29.3 Å². The summed E-state index contributed by atoms with van der Waals surface area (Å²) in [6.45, 7) is 2.24. The summed E-state index contributed by atoms with van der Waals surface area (Å²) in [4.78, 5) is 48.5. The molecule has 0 bridgehead atoms. The minimum atomic E-state index is -0.651. The number of nitrogens with zero attached hydrogens (tertiary/aromatic N) is 2. The van der Waals surface area contributed by atoms with Crippen molar-refractivity contribution in [2.45, 2.75) is 39.0 Å². The number of nitro benzene ring substituents is 1. The lowest BCUT2D eigenvalue weighted by Crippen LogP contribution is -2.30. The highest BCUT2D eigenvalue weighted by molar-refractivity contribution is 6.23. The van der Waals surface area contributed by atoms with E-state index in [4.69, 9.17) is 0 Å². The number of amides is 3. The fourth-order valence-corrected chi connectivity index (χ4v) is 3.45. The molecule has 0 saturated heterocycles. The average molecular weight is 409 g/mol. The Morgan fingerprint density at radius 3 is 2.43 bits per heavy atom. The number of unbranched alkanes of at least 4 members (excludes halogenated alkanes) is 2. The van der Waals surface area contributed by atoms with E-state index in [1.807, 2.05) is 24.3 Å². The zero-order chi connectivity index (χ0) is 21.7. The van der Waals surface area contributed by atoms with Crippen molar-refractivity contribution in [2.24, 2.45) is 0 Å². The summed E-state index contributed by atoms with van der Waals surface area (Å²) in [5.74, 6) is -1.22. The topological polar surface area (TPSA) is 110 Å². The number of benzene rings is 2. The lowest BCUT2D eigenvalue weighted by molar-refractivity contribution is -0.385. The molecule has 0 spiro atoms. The Hall–Kier alpha value is -3.55. The SMILES string of the molecule is CCc1ccc(NC(=O)CCCCCN2C(=O)c3cccc([N+](=O)[O-])c3C2=O)cc1. The average Bonchev–Trinajstić information content (AvgIpc) is 2.98. The molecule has 2 aromatic rings. The molecule has 1 N–H and O–H groups in total. The smallest absolute Gasteiger partial charge is 0.282 e. The van der Waals surface area contributed by atoms with Crippen LogP contribution >= 0.6 is 0 Å². The molecule has 1 heterocycles. The molecule has 0 fully saturated rings. The van der Waals surface area contributed by atoms with Crippen LogP contribution in [0.1, 0.15) is 58.9 Å². The van der Waals surface area contributed by atoms with Crippen molar-refractivity contribution in [2.75, 3.05) is 11.9 Å². The highest BCUT2D eigenvalue weighted by Gasteiger charge is 2.40. The molecule has 8 heteroatoms. The van der Waals surface area contributed by atoms with Crippen LogP contribution in [0.3, 0.4) is 0 Å². The van der Waals surface area contributed by atoms with Crippen molar-refractivity contribution >= 4 is 29.1 Å². The van der Waals surface area contributed by atoms with Gasteiger partial charge >= 0.3 is 0 Å². The van der Waals surface area contributed by atoms with Crippen LogP contribution in [0.4, 0.5) is 11.4 Å². The van der Waals surface area contributed by atoms with Gasteiger partial charge in [-0.05, 0) is 43.0 Å². The zero-order valence-electron chi connectivity index (χ0n) is 16.7. The molecule has 0 unspecified atom stereocenters. The molecule has 2 aromatic carbocycles. The maximum atomic E-state index is 12.5. The van der Waals surface area contributed by atoms with Gasteiger partial charge in [-0.3, -0.25) is 29.4 Å². The summed E-state index contributed by atoms with van der Waals surface area (Å²) in [6.07, 6.45) is 3.06. The van der Waals surface area contributed by atoms with E-state index in [0.717, 1.165) is 17.0 Å². The second kappa shape index (κ2) is 9.30. The first-order valence-electron chi connectivity index (χ1n) is 9.94. The first kappa shape index (κ1) is 21.2. The molecule has 0 atom stereocenters. The van der Waals surface area contributed by atoms with E-state index >= 15 is 0 Å². The molecular weight excluding hydrogens is 386 g/mol. The van der Waals surface area contributed by atoms with Crippen LogP contribution in [0.5, 0.6) is 0 Å². The molecule has 3 rings (SSSR count). The number of nitrogens with one attached hydrogen (secondary N) is 1. The predicted octanol–water partition coefficient (Wildman–Crippen LogP) is 3.95. The number of carbonyl (C=O) groups is 3. The minimum absolute atomic E-state index is 0.0719. The van der Waals surface area contributed by atoms with E-state index in [9.17, 15) is 24.5 Å². The van der Waals surface area contributed by atoms with Crippen LogP contribution in [0.15, 0.2) is 42.5 Å². The fourth-order valence-electron chi connectivity index (χ4n) is 3.45. The maximum absolute atomic E-state index is 12.5. The summed E-state index contributed by atoms with van der Waals surface area (Å²) in [5.41, 5.74) is 1.54. The Kier molecular flexibility index (Phi) is 6.56. The van der Waals surface area contributed by atoms with Gasteiger partial charge in [0.05, 0.1) is 10.5 Å². The lowest BCUT2D eigenvalue weighted by atomic mass is 10.1. The van der Waals surface area contributed by atoms with Gasteiger partial charge in [-0.1, -0.05) is 31.5 Å². The van der Waals surface area contributed by atoms with Gasteiger partial charge in [0.15, 0.2) is 0 Å². The monoisotopic (exact) mass is 409 g/mol. The Bertz CT molecular complexity index is 985. The van der Waals surface area contributed by atoms with Gasteiger partial charge in [0.25, 0.3) is 17.5 Å². The summed E-state index contributed by atoms with van der Waals surface area (Å²) in [5, 5.41) is 14.0. The van der Waals surface area contributed by atoms with E-state index in [0.29, 0.717) is 25.7 Å². The van der Waals surface area contributed by atoms with Crippen LogP contribution in [-0.2, 0) is 11.2 Å². The number of fused-ring (bicyclic) bond motifs is 1. The second-order valence-electron chi connectivity index (χ2n) is 7.13. The molecule has 0 aliphatic carbocycles. The Morgan fingerprint density at radius 1 is 1.03 bits per heavy atom. The number of imide groups is 1. The van der Waals surface area contributed by atoms with E-state index in [2.05, 4.69) is 12.2 Å². The highest BCUT2D eigenvalue weighted by Crippen LogP contribution is 2.30. The van der Waals surface area contributed by atoms with Gasteiger partial charge in [0, 0.05) is 24.7 Å². The van der Waals surface area contributed by atoms with E-state index in [1.165, 1.54) is 23.8 Å². The van der Waals surface area contributed by atoms with Gasteiger partial charge < -0.3 is 5.32 Å². The molecule has 0 aromatic heterocycles. The minimum Gasteiger partial charge on any atom is -0.326 e. The number of anilines is 1. The molecule has 0 saturated carbocycles. The Balaban J connectivity index is 1.45. The molecular formula is C22H23N3O5. The molecule has 30 heavy (non-hydrogen) atoms. The second-order valence-corrected chi connectivity index (χ2v) is 7.13. The van der Waals surface area contributed by atoms with E-state index < -0.39 is 16.7 Å². The predicted molar refractivity (Wildman–Crippen MR) is 111 cm³/mol. The molecule has 1 aliphatic heterocycles. The van der Waals surface area contributed by atoms with Gasteiger partial charge in [-0.25, -0.2) is 0 Å². The number of carbonyl (C=O) groups excluding carboxylic acids is 3. The van der Waals surface area contributed by atoms with Gasteiger partial charge in [-0.2, -0.15) is 0 Å². The van der Waals surface area contributed by atoms with E-state index in [1.54, 1.807) is 0 Å². The Morgan fingerprint density at radius 2 is 1.77 bits per heavy atom. The largest absolute Gasteiger partial charge is 0.326 e. The van der Waals surface area contributed by atoms with Gasteiger partial charge in [0.2, 0.25) is 5.91 Å². The van der Waals surface area contributed by atoms with Crippen molar-refractivity contribution in [1.29, 1.82) is 0 Å². The molecule has 1 aliphatic rings. The number of nitro groups is 1. The van der Waals surface area contributed by atoms with Crippen LogP contribution in [0.2, 0.25) is 0 Å². The Labute approximate surface area is 174 Å². The first-order valence-corrected chi connectivity index (χ1v) is 9.94. The van der Waals surface area contributed by atoms with Crippen molar-refractivity contribution in [3.05, 3.63) is 69.3 Å². The van der Waals surface area contributed by atoms with Crippen LogP contribution in [0.25, 0.3) is 0 Å². The molecule has 156 valence electrons. The summed E-state index contributed by atoms with van der Waals surface area (Å²) in [7, 11) is 0. The van der Waals surface area contributed by atoms with Crippen molar-refractivity contribution in [3.63, 3.8) is 0 Å². The number of hydrogen-bond donors (Lipinski definition) is 1. The quantitative estimate of drug-likeness (QED) is 0.292. The molecule has 8 nitrogen and oxygen atoms in total. The fraction of sp³-hybridized carbons (Fsp3) is 0.318.